The molecule has 0 aromatic heterocycles. The van der Waals surface area contributed by atoms with E-state index in [0.29, 0.717) is 0 Å². The second-order valence-corrected chi connectivity index (χ2v) is 1.77. The van der Waals surface area contributed by atoms with Crippen LogP contribution < -0.4 is 51.4 Å². The first-order chi connectivity index (χ1) is 5.54. The number of carbonyl (C=O) groups is 1. The number of carboxylic acid groups (broad SMARTS) is 2. The van der Waals surface area contributed by atoms with Gasteiger partial charge in [-0.15, -0.1) is 0 Å². The maximum Gasteiger partial charge on any atom is 1.00 e. The van der Waals surface area contributed by atoms with Crippen molar-refractivity contribution >= 4 is 6.16 Å². The van der Waals surface area contributed by atoms with Gasteiger partial charge in [-0.05, 0) is 12.1 Å². The van der Waals surface area contributed by atoms with Crippen LogP contribution in [-0.4, -0.2) is 26.6 Å². The summed E-state index contributed by atoms with van der Waals surface area (Å²) in [6.45, 7) is 0. The molecule has 68 valence electrons. The van der Waals surface area contributed by atoms with Gasteiger partial charge in [0.2, 0.25) is 0 Å². The van der Waals surface area contributed by atoms with E-state index in [1.165, 1.54) is 12.1 Å². The smallest absolute Gasteiger partial charge is 1.00 e. The van der Waals surface area contributed by atoms with Crippen molar-refractivity contribution in [2.75, 3.05) is 0 Å². The molecule has 0 aliphatic carbocycles. The fourth-order valence-electron chi connectivity index (χ4n) is 0.464. The summed E-state index contributed by atoms with van der Waals surface area (Å²) in [5, 5.41) is 31.3. The largest absolute Gasteiger partial charge is 1.00 e. The molecule has 0 aliphatic rings. The number of benzene rings is 1. The van der Waals surface area contributed by atoms with E-state index in [1.54, 1.807) is 12.1 Å². The molecule has 1 aromatic carbocycles. The molecule has 5 nitrogen and oxygen atoms in total. The zero-order chi connectivity index (χ0) is 9.56. The monoisotopic (exact) mass is 212 g/mol. The van der Waals surface area contributed by atoms with Gasteiger partial charge in [0.05, 0.1) is 0 Å². The van der Waals surface area contributed by atoms with Crippen LogP contribution in [0.3, 0.4) is 0 Å². The molecular formula is C7H9KO5. The van der Waals surface area contributed by atoms with Gasteiger partial charge < -0.3 is 21.9 Å². The van der Waals surface area contributed by atoms with E-state index in [2.05, 4.69) is 0 Å². The molecule has 0 amide bonds. The Morgan fingerprint density at radius 2 is 1.31 bits per heavy atom. The topological polar surface area (TPSA) is 98.0 Å². The van der Waals surface area contributed by atoms with Gasteiger partial charge in [-0.3, -0.25) is 0 Å². The maximum atomic E-state index is 8.67. The molecule has 4 N–H and O–H groups in total. The summed E-state index contributed by atoms with van der Waals surface area (Å²) < 4.78 is 0. The number of hydrogen-bond acceptors (Lipinski definition) is 3. The van der Waals surface area contributed by atoms with Crippen LogP contribution in [0.1, 0.15) is 1.43 Å². The molecule has 0 fully saturated rings. The minimum Gasteiger partial charge on any atom is -1.00 e. The van der Waals surface area contributed by atoms with E-state index in [1.807, 2.05) is 0 Å². The zero-order valence-corrected chi connectivity index (χ0v) is 10.1. The molecule has 0 saturated heterocycles. The molecule has 6 heteroatoms. The van der Waals surface area contributed by atoms with E-state index >= 15 is 0 Å². The zero-order valence-electron chi connectivity index (χ0n) is 8.01. The summed E-state index contributed by atoms with van der Waals surface area (Å²) in [5.41, 5.74) is 0. The number of phenols is 2. The van der Waals surface area contributed by atoms with Crippen LogP contribution in [0.15, 0.2) is 24.3 Å². The van der Waals surface area contributed by atoms with Crippen LogP contribution >= 0.6 is 0 Å². The number of phenolic OH excluding ortho intramolecular Hbond substituents is 2. The van der Waals surface area contributed by atoms with Gasteiger partial charge >= 0.3 is 57.5 Å². The van der Waals surface area contributed by atoms with Crippen molar-refractivity contribution in [2.24, 2.45) is 0 Å². The molecule has 0 bridgehead atoms. The molecule has 1 rings (SSSR count). The summed E-state index contributed by atoms with van der Waals surface area (Å²) in [6.07, 6.45) is -1.83. The molecule has 0 spiro atoms. The second kappa shape index (κ2) is 8.33. The first kappa shape index (κ1) is 15.2. The van der Waals surface area contributed by atoms with Crippen LogP contribution in [0.4, 0.5) is 4.79 Å². The number of para-hydroxylation sites is 2. The molecule has 1 aromatic rings. The fourth-order valence-corrected chi connectivity index (χ4v) is 0.464. The van der Waals surface area contributed by atoms with Crippen LogP contribution in [0, 0.1) is 0 Å². The van der Waals surface area contributed by atoms with Gasteiger partial charge in [0.15, 0.2) is 11.5 Å². The molecule has 13 heavy (non-hydrogen) atoms. The van der Waals surface area contributed by atoms with Crippen molar-refractivity contribution < 1.29 is 78.0 Å². The molecule has 0 aliphatic heterocycles. The Balaban J connectivity index is -0.000000180. The van der Waals surface area contributed by atoms with Crippen LogP contribution in [-0.2, 0) is 0 Å². The Bertz CT molecular complexity index is 243. The first-order valence-corrected chi connectivity index (χ1v) is 2.93. The predicted molar refractivity (Wildman–Crippen MR) is 41.5 cm³/mol. The van der Waals surface area contributed by atoms with Crippen LogP contribution in [0.2, 0.25) is 0 Å². The second-order valence-electron chi connectivity index (χ2n) is 1.77. The van der Waals surface area contributed by atoms with Gasteiger partial charge in [-0.1, -0.05) is 12.1 Å². The number of rotatable bonds is 0. The third-order valence-corrected chi connectivity index (χ3v) is 0.882. The van der Waals surface area contributed by atoms with Gasteiger partial charge in [0.1, 0.15) is 0 Å². The van der Waals surface area contributed by atoms with Gasteiger partial charge in [0.25, 0.3) is 0 Å². The SMILES string of the molecule is O=C(O)O.Oc1ccccc1O.[H-].[K+]. The molecule has 0 heterocycles. The molecular weight excluding hydrogens is 203 g/mol. The van der Waals surface area contributed by atoms with Crippen molar-refractivity contribution in [3.63, 3.8) is 0 Å². The number of aromatic hydroxyl groups is 2. The molecule has 0 atom stereocenters. The fraction of sp³-hybridized carbons (Fsp3) is 0. The standard InChI is InChI=1S/C6H6O2.CH2O3.K.H/c7-5-3-1-2-4-6(5)8;2-1(3)4;;/h1-4,7-8H;(H2,2,3,4);;/q;;+1;-1. The summed E-state index contributed by atoms with van der Waals surface area (Å²) in [5.74, 6) is -0.153. The Kier molecular flexibility index (Phi) is 9.75. The normalized spacial score (nSPS) is 7.38. The summed E-state index contributed by atoms with van der Waals surface area (Å²) >= 11 is 0. The molecule has 0 radical (unpaired) electrons. The Morgan fingerprint density at radius 1 is 1.08 bits per heavy atom. The third-order valence-electron chi connectivity index (χ3n) is 0.882. The Labute approximate surface area is 119 Å². The minimum absolute atomic E-state index is 0. The Hall–Kier alpha value is -0.274. The van der Waals surface area contributed by atoms with Gasteiger partial charge in [-0.25, -0.2) is 4.79 Å². The van der Waals surface area contributed by atoms with E-state index < -0.39 is 6.16 Å². The average Bonchev–Trinajstić information content (AvgIpc) is 1.94. The van der Waals surface area contributed by atoms with Crippen molar-refractivity contribution in [2.45, 2.75) is 0 Å². The van der Waals surface area contributed by atoms with E-state index in [4.69, 9.17) is 25.2 Å². The summed E-state index contributed by atoms with van der Waals surface area (Å²) in [4.78, 5) is 8.56. The minimum atomic E-state index is -1.83. The Morgan fingerprint density at radius 3 is 1.46 bits per heavy atom. The maximum absolute atomic E-state index is 8.67. The summed E-state index contributed by atoms with van der Waals surface area (Å²) in [6, 6.07) is 6.15. The molecule has 0 saturated carbocycles. The van der Waals surface area contributed by atoms with Crippen molar-refractivity contribution in [1.29, 1.82) is 0 Å². The van der Waals surface area contributed by atoms with Crippen molar-refractivity contribution in [3.8, 4) is 11.5 Å². The first-order valence-electron chi connectivity index (χ1n) is 2.93. The van der Waals surface area contributed by atoms with Gasteiger partial charge in [-0.2, -0.15) is 0 Å². The van der Waals surface area contributed by atoms with Crippen molar-refractivity contribution in [3.05, 3.63) is 24.3 Å². The third kappa shape index (κ3) is 9.64. The predicted octanol–water partition coefficient (Wildman–Crippen LogP) is -1.56. The average molecular weight is 212 g/mol. The quantitative estimate of drug-likeness (QED) is 0.308. The van der Waals surface area contributed by atoms with E-state index in [0.717, 1.165) is 0 Å². The van der Waals surface area contributed by atoms with Crippen molar-refractivity contribution in [1.82, 2.24) is 0 Å². The van der Waals surface area contributed by atoms with E-state index in [9.17, 15) is 0 Å². The number of hydrogen-bond donors (Lipinski definition) is 4. The van der Waals surface area contributed by atoms with Crippen LogP contribution in [0.5, 0.6) is 11.5 Å². The van der Waals surface area contributed by atoms with Gasteiger partial charge in [0, 0.05) is 0 Å². The molecule has 0 unspecified atom stereocenters. The summed E-state index contributed by atoms with van der Waals surface area (Å²) in [7, 11) is 0. The van der Waals surface area contributed by atoms with Crippen LogP contribution in [0.25, 0.3) is 0 Å². The van der Waals surface area contributed by atoms with E-state index in [-0.39, 0.29) is 64.3 Å².